The zero-order valence-corrected chi connectivity index (χ0v) is 11.9. The number of benzene rings is 1. The van der Waals surface area contributed by atoms with Crippen molar-refractivity contribution in [2.24, 2.45) is 5.92 Å². The summed E-state index contributed by atoms with van der Waals surface area (Å²) >= 11 is 0. The molecule has 114 valence electrons. The number of nitrogens with zero attached hydrogens (tertiary/aromatic N) is 1. The van der Waals surface area contributed by atoms with Crippen molar-refractivity contribution >= 4 is 11.9 Å². The van der Waals surface area contributed by atoms with Gasteiger partial charge in [-0.2, -0.15) is 0 Å². The van der Waals surface area contributed by atoms with Crippen LogP contribution in [0, 0.1) is 11.7 Å². The van der Waals surface area contributed by atoms with Gasteiger partial charge in [-0.1, -0.05) is 12.1 Å². The van der Waals surface area contributed by atoms with Crippen LogP contribution in [0.2, 0.25) is 0 Å². The maximum absolute atomic E-state index is 12.8. The lowest BCUT2D eigenvalue weighted by Gasteiger charge is -2.16. The molecule has 1 saturated heterocycles. The summed E-state index contributed by atoms with van der Waals surface area (Å²) < 4.78 is 12.8. The number of aliphatic carboxylic acids is 1. The van der Waals surface area contributed by atoms with Gasteiger partial charge in [0.25, 0.3) is 0 Å². The predicted octanol–water partition coefficient (Wildman–Crippen LogP) is 2.47. The summed E-state index contributed by atoms with van der Waals surface area (Å²) in [7, 11) is 0. The minimum atomic E-state index is -0.781. The lowest BCUT2D eigenvalue weighted by Crippen LogP contribution is -2.28. The van der Waals surface area contributed by atoms with Gasteiger partial charge in [0.15, 0.2) is 0 Å². The molecule has 0 aliphatic carbocycles. The molecular weight excluding hydrogens is 273 g/mol. The van der Waals surface area contributed by atoms with E-state index >= 15 is 0 Å². The van der Waals surface area contributed by atoms with Gasteiger partial charge in [0.1, 0.15) is 5.82 Å². The third-order valence-corrected chi connectivity index (χ3v) is 3.95. The van der Waals surface area contributed by atoms with Gasteiger partial charge in [-0.25, -0.2) is 4.39 Å². The Bertz CT molecular complexity index is 501. The summed E-state index contributed by atoms with van der Waals surface area (Å²) in [5, 5.41) is 8.67. The molecule has 1 unspecified atom stereocenters. The monoisotopic (exact) mass is 293 g/mol. The Morgan fingerprint density at radius 3 is 2.62 bits per heavy atom. The first kappa shape index (κ1) is 15.5. The number of carbonyl (C=O) groups is 2. The lowest BCUT2D eigenvalue weighted by molar-refractivity contribution is -0.137. The van der Waals surface area contributed by atoms with Gasteiger partial charge in [-0.3, -0.25) is 9.59 Å². The zero-order chi connectivity index (χ0) is 15.2. The van der Waals surface area contributed by atoms with Crippen molar-refractivity contribution in [2.45, 2.75) is 32.1 Å². The zero-order valence-electron chi connectivity index (χ0n) is 11.9. The van der Waals surface area contributed by atoms with Crippen molar-refractivity contribution in [2.75, 3.05) is 13.1 Å². The molecular formula is C16H20FNO3. The molecule has 1 aromatic rings. The highest BCUT2D eigenvalue weighted by molar-refractivity contribution is 5.76. The molecule has 1 amide bonds. The average molecular weight is 293 g/mol. The van der Waals surface area contributed by atoms with Crippen LogP contribution in [0.15, 0.2) is 24.3 Å². The van der Waals surface area contributed by atoms with Crippen LogP contribution in [0.3, 0.4) is 0 Å². The first-order chi connectivity index (χ1) is 10.0. The first-order valence-electron chi connectivity index (χ1n) is 7.28. The van der Waals surface area contributed by atoms with Crippen LogP contribution in [0.4, 0.5) is 4.39 Å². The maximum atomic E-state index is 12.8. The highest BCUT2D eigenvalue weighted by Crippen LogP contribution is 2.22. The molecule has 1 aliphatic heterocycles. The molecule has 1 aromatic carbocycles. The quantitative estimate of drug-likeness (QED) is 0.876. The van der Waals surface area contributed by atoms with Crippen LogP contribution >= 0.6 is 0 Å². The van der Waals surface area contributed by atoms with Crippen molar-refractivity contribution in [3.05, 3.63) is 35.6 Å². The molecule has 1 fully saturated rings. The van der Waals surface area contributed by atoms with Crippen LogP contribution in [-0.2, 0) is 16.0 Å². The Kier molecular flexibility index (Phi) is 5.31. The molecule has 1 atom stereocenters. The van der Waals surface area contributed by atoms with E-state index in [1.54, 1.807) is 12.1 Å². The predicted molar refractivity (Wildman–Crippen MR) is 76.3 cm³/mol. The number of hydrogen-bond donors (Lipinski definition) is 1. The van der Waals surface area contributed by atoms with E-state index in [1.165, 1.54) is 12.1 Å². The number of rotatable bonds is 6. The molecule has 4 nitrogen and oxygen atoms in total. The molecule has 0 aromatic heterocycles. The Morgan fingerprint density at radius 2 is 1.95 bits per heavy atom. The van der Waals surface area contributed by atoms with Gasteiger partial charge < -0.3 is 10.0 Å². The standard InChI is InChI=1S/C16H20FNO3/c17-14-5-1-12(2-6-14)3-7-15(19)18-10-9-13(11-18)4-8-16(20)21/h1-2,5-6,13H,3-4,7-11H2,(H,20,21). The molecule has 0 saturated carbocycles. The molecule has 1 heterocycles. The maximum Gasteiger partial charge on any atom is 0.303 e. The molecule has 1 N–H and O–H groups in total. The number of carboxylic acid groups (broad SMARTS) is 1. The fraction of sp³-hybridized carbons (Fsp3) is 0.500. The van der Waals surface area contributed by atoms with E-state index in [1.807, 2.05) is 4.90 Å². The van der Waals surface area contributed by atoms with Crippen molar-refractivity contribution in [3.63, 3.8) is 0 Å². The van der Waals surface area contributed by atoms with Gasteiger partial charge in [0.2, 0.25) is 5.91 Å². The second kappa shape index (κ2) is 7.20. The Hall–Kier alpha value is -1.91. The second-order valence-corrected chi connectivity index (χ2v) is 5.55. The number of aryl methyl sites for hydroxylation is 1. The van der Waals surface area contributed by atoms with Gasteiger partial charge in [0, 0.05) is 25.9 Å². The highest BCUT2D eigenvalue weighted by Gasteiger charge is 2.26. The minimum absolute atomic E-state index is 0.0946. The number of carboxylic acids is 1. The summed E-state index contributed by atoms with van der Waals surface area (Å²) in [4.78, 5) is 24.5. The topological polar surface area (TPSA) is 57.6 Å². The molecule has 2 rings (SSSR count). The highest BCUT2D eigenvalue weighted by atomic mass is 19.1. The SMILES string of the molecule is O=C(O)CCC1CCN(C(=O)CCc2ccc(F)cc2)C1. The fourth-order valence-electron chi connectivity index (χ4n) is 2.68. The fourth-order valence-corrected chi connectivity index (χ4v) is 2.68. The Morgan fingerprint density at radius 1 is 1.24 bits per heavy atom. The van der Waals surface area contributed by atoms with Crippen molar-refractivity contribution in [3.8, 4) is 0 Å². The van der Waals surface area contributed by atoms with E-state index in [2.05, 4.69) is 0 Å². The summed E-state index contributed by atoms with van der Waals surface area (Å²) in [6.07, 6.45) is 2.71. The van der Waals surface area contributed by atoms with E-state index < -0.39 is 5.97 Å². The molecule has 1 aliphatic rings. The Labute approximate surface area is 123 Å². The molecule has 5 heteroatoms. The van der Waals surface area contributed by atoms with E-state index in [0.29, 0.717) is 38.3 Å². The number of likely N-dealkylation sites (tertiary alicyclic amines) is 1. The number of carbonyl (C=O) groups excluding carboxylic acids is 1. The third kappa shape index (κ3) is 4.85. The van der Waals surface area contributed by atoms with Crippen LogP contribution in [0.5, 0.6) is 0 Å². The third-order valence-electron chi connectivity index (χ3n) is 3.95. The molecule has 0 bridgehead atoms. The number of amides is 1. The lowest BCUT2D eigenvalue weighted by atomic mass is 10.0. The van der Waals surface area contributed by atoms with Gasteiger partial charge in [0.05, 0.1) is 0 Å². The molecule has 21 heavy (non-hydrogen) atoms. The van der Waals surface area contributed by atoms with Crippen molar-refractivity contribution in [1.29, 1.82) is 0 Å². The van der Waals surface area contributed by atoms with Crippen LogP contribution in [0.25, 0.3) is 0 Å². The van der Waals surface area contributed by atoms with Crippen LogP contribution in [-0.4, -0.2) is 35.0 Å². The second-order valence-electron chi connectivity index (χ2n) is 5.55. The first-order valence-corrected chi connectivity index (χ1v) is 7.28. The summed E-state index contributed by atoms with van der Waals surface area (Å²) in [6, 6.07) is 6.19. The smallest absolute Gasteiger partial charge is 0.303 e. The normalized spacial score (nSPS) is 18.0. The minimum Gasteiger partial charge on any atom is -0.481 e. The molecule has 0 radical (unpaired) electrons. The number of hydrogen-bond acceptors (Lipinski definition) is 2. The van der Waals surface area contributed by atoms with Crippen LogP contribution < -0.4 is 0 Å². The largest absolute Gasteiger partial charge is 0.481 e. The van der Waals surface area contributed by atoms with E-state index in [9.17, 15) is 14.0 Å². The van der Waals surface area contributed by atoms with E-state index in [0.717, 1.165) is 12.0 Å². The summed E-state index contributed by atoms with van der Waals surface area (Å²) in [6.45, 7) is 1.38. The summed E-state index contributed by atoms with van der Waals surface area (Å²) in [5.41, 5.74) is 0.950. The summed E-state index contributed by atoms with van der Waals surface area (Å²) in [5.74, 6) is -0.657. The van der Waals surface area contributed by atoms with Gasteiger partial charge >= 0.3 is 5.97 Å². The molecule has 0 spiro atoms. The van der Waals surface area contributed by atoms with Crippen molar-refractivity contribution < 1.29 is 19.1 Å². The Balaban J connectivity index is 1.74. The van der Waals surface area contributed by atoms with Crippen molar-refractivity contribution in [1.82, 2.24) is 4.90 Å². The van der Waals surface area contributed by atoms with Gasteiger partial charge in [-0.05, 0) is 42.9 Å². The number of halogens is 1. The van der Waals surface area contributed by atoms with Crippen LogP contribution in [0.1, 0.15) is 31.2 Å². The van der Waals surface area contributed by atoms with Gasteiger partial charge in [-0.15, -0.1) is 0 Å². The van der Waals surface area contributed by atoms with E-state index in [4.69, 9.17) is 5.11 Å². The van der Waals surface area contributed by atoms with E-state index in [-0.39, 0.29) is 18.1 Å². The average Bonchev–Trinajstić information content (AvgIpc) is 2.93.